The van der Waals surface area contributed by atoms with Crippen LogP contribution in [-0.4, -0.2) is 16.3 Å². The maximum absolute atomic E-state index is 13.2. The second kappa shape index (κ2) is 8.45. The molecule has 0 radical (unpaired) electrons. The highest BCUT2D eigenvalue weighted by Crippen LogP contribution is 2.28. The summed E-state index contributed by atoms with van der Waals surface area (Å²) in [5.41, 5.74) is 4.98. The topological polar surface area (TPSA) is 43.0 Å². The van der Waals surface area contributed by atoms with E-state index in [4.69, 9.17) is 4.42 Å². The summed E-state index contributed by atoms with van der Waals surface area (Å²) in [5, 5.41) is 8.10. The molecule has 0 saturated heterocycles. The molecule has 0 fully saturated rings. The van der Waals surface area contributed by atoms with Gasteiger partial charge in [0.05, 0.1) is 18.1 Å². The number of halogens is 1. The van der Waals surface area contributed by atoms with Gasteiger partial charge in [-0.1, -0.05) is 38.1 Å². The number of nitrogens with one attached hydrogen (secondary N) is 1. The van der Waals surface area contributed by atoms with Gasteiger partial charge in [-0.25, -0.2) is 9.07 Å². The molecular formula is C24H24FN3O. The molecule has 0 saturated carbocycles. The van der Waals surface area contributed by atoms with E-state index in [1.807, 2.05) is 47.3 Å². The first-order valence-electron chi connectivity index (χ1n) is 9.79. The normalized spacial score (nSPS) is 11.3. The number of hydrogen-bond acceptors (Lipinski definition) is 3. The average molecular weight is 389 g/mol. The van der Waals surface area contributed by atoms with Crippen molar-refractivity contribution in [2.45, 2.75) is 20.4 Å². The van der Waals surface area contributed by atoms with Crippen molar-refractivity contribution in [1.29, 1.82) is 0 Å². The molecule has 0 spiro atoms. The zero-order valence-electron chi connectivity index (χ0n) is 16.6. The van der Waals surface area contributed by atoms with Gasteiger partial charge in [0.25, 0.3) is 0 Å². The van der Waals surface area contributed by atoms with Crippen molar-refractivity contribution in [3.8, 4) is 28.3 Å². The summed E-state index contributed by atoms with van der Waals surface area (Å²) in [4.78, 5) is 0. The monoisotopic (exact) mass is 389 g/mol. The van der Waals surface area contributed by atoms with E-state index >= 15 is 0 Å². The fourth-order valence-corrected chi connectivity index (χ4v) is 3.32. The SMILES string of the molecule is CC(C)CNCc1cnn(-c2ccc(-c3ccc(F)cc3)cc2)c1-c1ccco1. The molecule has 0 amide bonds. The Morgan fingerprint density at radius 3 is 2.31 bits per heavy atom. The predicted molar refractivity (Wildman–Crippen MR) is 113 cm³/mol. The van der Waals surface area contributed by atoms with Crippen LogP contribution in [0.25, 0.3) is 28.3 Å². The van der Waals surface area contributed by atoms with Crippen LogP contribution in [0.15, 0.2) is 77.5 Å². The van der Waals surface area contributed by atoms with Crippen LogP contribution in [0.4, 0.5) is 4.39 Å². The predicted octanol–water partition coefficient (Wildman–Crippen LogP) is 5.68. The number of aromatic nitrogens is 2. The highest BCUT2D eigenvalue weighted by Gasteiger charge is 2.16. The first-order chi connectivity index (χ1) is 14.1. The Balaban J connectivity index is 1.65. The van der Waals surface area contributed by atoms with Crippen LogP contribution < -0.4 is 5.32 Å². The lowest BCUT2D eigenvalue weighted by Gasteiger charge is -2.10. The zero-order valence-corrected chi connectivity index (χ0v) is 16.6. The Kier molecular flexibility index (Phi) is 5.58. The summed E-state index contributed by atoms with van der Waals surface area (Å²) < 4.78 is 20.8. The molecule has 4 nitrogen and oxygen atoms in total. The van der Waals surface area contributed by atoms with Gasteiger partial charge in [-0.3, -0.25) is 0 Å². The van der Waals surface area contributed by atoms with E-state index in [0.29, 0.717) is 5.92 Å². The van der Waals surface area contributed by atoms with Gasteiger partial charge in [0.2, 0.25) is 0 Å². The summed E-state index contributed by atoms with van der Waals surface area (Å²) in [6, 6.07) is 18.4. The fraction of sp³-hybridized carbons (Fsp3) is 0.208. The Labute approximate surface area is 170 Å². The summed E-state index contributed by atoms with van der Waals surface area (Å²) in [6.45, 7) is 6.04. The molecule has 1 N–H and O–H groups in total. The van der Waals surface area contributed by atoms with E-state index < -0.39 is 0 Å². The van der Waals surface area contributed by atoms with E-state index in [1.54, 1.807) is 18.4 Å². The van der Waals surface area contributed by atoms with Crippen molar-refractivity contribution in [1.82, 2.24) is 15.1 Å². The summed E-state index contributed by atoms with van der Waals surface area (Å²) in [7, 11) is 0. The number of benzene rings is 2. The van der Waals surface area contributed by atoms with Crippen LogP contribution in [0.5, 0.6) is 0 Å². The molecule has 0 unspecified atom stereocenters. The average Bonchev–Trinajstić information content (AvgIpc) is 3.38. The molecule has 2 aromatic carbocycles. The van der Waals surface area contributed by atoms with E-state index in [0.717, 1.165) is 46.9 Å². The van der Waals surface area contributed by atoms with E-state index in [-0.39, 0.29) is 5.82 Å². The minimum absolute atomic E-state index is 0.233. The van der Waals surface area contributed by atoms with Crippen molar-refractivity contribution >= 4 is 0 Å². The highest BCUT2D eigenvalue weighted by molar-refractivity contribution is 5.66. The van der Waals surface area contributed by atoms with Crippen LogP contribution in [0.1, 0.15) is 19.4 Å². The van der Waals surface area contributed by atoms with Gasteiger partial charge in [0.1, 0.15) is 11.5 Å². The molecule has 0 bridgehead atoms. The van der Waals surface area contributed by atoms with Crippen LogP contribution in [0.3, 0.4) is 0 Å². The first-order valence-corrected chi connectivity index (χ1v) is 9.79. The summed E-state index contributed by atoms with van der Waals surface area (Å²) in [5.74, 6) is 1.13. The minimum atomic E-state index is -0.233. The number of rotatable bonds is 7. The lowest BCUT2D eigenvalue weighted by molar-refractivity contribution is 0.550. The molecule has 4 aromatic rings. The fourth-order valence-electron chi connectivity index (χ4n) is 3.32. The van der Waals surface area contributed by atoms with Crippen molar-refractivity contribution in [3.05, 3.63) is 84.5 Å². The number of nitrogens with zero attached hydrogens (tertiary/aromatic N) is 2. The lowest BCUT2D eigenvalue weighted by Crippen LogP contribution is -2.19. The molecule has 148 valence electrons. The van der Waals surface area contributed by atoms with Gasteiger partial charge in [0.15, 0.2) is 5.76 Å². The van der Waals surface area contributed by atoms with Crippen LogP contribution in [0, 0.1) is 11.7 Å². The minimum Gasteiger partial charge on any atom is -0.463 e. The van der Waals surface area contributed by atoms with Gasteiger partial charge < -0.3 is 9.73 Å². The molecule has 2 heterocycles. The molecule has 4 rings (SSSR count). The maximum Gasteiger partial charge on any atom is 0.152 e. The maximum atomic E-state index is 13.2. The van der Waals surface area contributed by atoms with Gasteiger partial charge in [-0.05, 0) is 60.0 Å². The molecule has 0 aliphatic heterocycles. The van der Waals surface area contributed by atoms with Gasteiger partial charge >= 0.3 is 0 Å². The standard InChI is InChI=1S/C24H24FN3O/c1-17(2)14-26-15-20-16-27-28(24(20)23-4-3-13-29-23)22-11-7-19(8-12-22)18-5-9-21(25)10-6-18/h3-13,16-17,26H,14-15H2,1-2H3. The molecule has 0 aliphatic carbocycles. The van der Waals surface area contributed by atoms with Gasteiger partial charge in [0, 0.05) is 12.1 Å². The number of hydrogen-bond donors (Lipinski definition) is 1. The van der Waals surface area contributed by atoms with Gasteiger partial charge in [-0.15, -0.1) is 0 Å². The Hall–Kier alpha value is -3.18. The molecule has 29 heavy (non-hydrogen) atoms. The second-order valence-corrected chi connectivity index (χ2v) is 7.49. The van der Waals surface area contributed by atoms with Crippen molar-refractivity contribution in [2.75, 3.05) is 6.54 Å². The highest BCUT2D eigenvalue weighted by atomic mass is 19.1. The molecular weight excluding hydrogens is 365 g/mol. The Morgan fingerprint density at radius 1 is 1.00 bits per heavy atom. The molecule has 0 aliphatic rings. The lowest BCUT2D eigenvalue weighted by atomic mass is 10.1. The third-order valence-corrected chi connectivity index (χ3v) is 4.76. The Morgan fingerprint density at radius 2 is 1.69 bits per heavy atom. The smallest absolute Gasteiger partial charge is 0.152 e. The van der Waals surface area contributed by atoms with Crippen molar-refractivity contribution < 1.29 is 8.81 Å². The van der Waals surface area contributed by atoms with Crippen LogP contribution in [-0.2, 0) is 6.54 Å². The van der Waals surface area contributed by atoms with Gasteiger partial charge in [-0.2, -0.15) is 5.10 Å². The summed E-state index contributed by atoms with van der Waals surface area (Å²) >= 11 is 0. The zero-order chi connectivity index (χ0) is 20.2. The second-order valence-electron chi connectivity index (χ2n) is 7.49. The van der Waals surface area contributed by atoms with E-state index in [9.17, 15) is 4.39 Å². The van der Waals surface area contributed by atoms with Crippen molar-refractivity contribution in [3.63, 3.8) is 0 Å². The Bertz CT molecular complexity index is 1050. The largest absolute Gasteiger partial charge is 0.463 e. The molecule has 2 aromatic heterocycles. The van der Waals surface area contributed by atoms with Crippen molar-refractivity contribution in [2.24, 2.45) is 5.92 Å². The molecule has 0 atom stereocenters. The third-order valence-electron chi connectivity index (χ3n) is 4.76. The van der Waals surface area contributed by atoms with E-state index in [2.05, 4.69) is 24.3 Å². The molecule has 5 heteroatoms. The third kappa shape index (κ3) is 4.30. The summed E-state index contributed by atoms with van der Waals surface area (Å²) in [6.07, 6.45) is 3.56. The first kappa shape index (κ1) is 19.2. The van der Waals surface area contributed by atoms with Crippen LogP contribution in [0.2, 0.25) is 0 Å². The number of furan rings is 1. The van der Waals surface area contributed by atoms with Crippen LogP contribution >= 0.6 is 0 Å². The quantitative estimate of drug-likeness (QED) is 0.442. The van der Waals surface area contributed by atoms with E-state index in [1.165, 1.54) is 12.1 Å².